The van der Waals surface area contributed by atoms with Crippen molar-refractivity contribution in [3.63, 3.8) is 0 Å². The minimum Gasteiger partial charge on any atom is -0.353 e. The van der Waals surface area contributed by atoms with Crippen LogP contribution >= 0.6 is 0 Å². The molecule has 1 heterocycles. The Morgan fingerprint density at radius 2 is 2.13 bits per heavy atom. The van der Waals surface area contributed by atoms with Crippen molar-refractivity contribution in [1.29, 1.82) is 0 Å². The van der Waals surface area contributed by atoms with Crippen LogP contribution in [0.2, 0.25) is 0 Å². The smallest absolute Gasteiger partial charge is 0.211 e. The highest BCUT2D eigenvalue weighted by Crippen LogP contribution is 2.39. The van der Waals surface area contributed by atoms with Crippen LogP contribution in [0.5, 0.6) is 0 Å². The molecule has 1 N–H and O–H groups in total. The molecule has 1 unspecified atom stereocenters. The Morgan fingerprint density at radius 3 is 2.60 bits per heavy atom. The molecule has 5 nitrogen and oxygen atoms in total. The lowest BCUT2D eigenvalue weighted by atomic mass is 10.2. The van der Waals surface area contributed by atoms with Crippen molar-refractivity contribution in [3.05, 3.63) is 0 Å². The molecule has 1 saturated carbocycles. The zero-order chi connectivity index (χ0) is 10.9. The van der Waals surface area contributed by atoms with Crippen molar-refractivity contribution in [3.8, 4) is 0 Å². The van der Waals surface area contributed by atoms with Crippen molar-refractivity contribution < 1.29 is 17.9 Å². The molecule has 2 aliphatic rings. The molecule has 15 heavy (non-hydrogen) atoms. The fraction of sp³-hybridized carbons (Fsp3) is 1.00. The van der Waals surface area contributed by atoms with E-state index < -0.39 is 15.7 Å². The minimum atomic E-state index is -3.20. The lowest BCUT2D eigenvalue weighted by molar-refractivity contribution is -0.199. The summed E-state index contributed by atoms with van der Waals surface area (Å²) < 4.78 is 35.8. The van der Waals surface area contributed by atoms with Crippen molar-refractivity contribution >= 4 is 10.0 Å². The summed E-state index contributed by atoms with van der Waals surface area (Å²) in [5.41, 5.74) is -0.671. The van der Waals surface area contributed by atoms with E-state index in [0.29, 0.717) is 6.61 Å². The molecule has 6 heteroatoms. The first-order valence-electron chi connectivity index (χ1n) is 5.28. The van der Waals surface area contributed by atoms with Gasteiger partial charge in [-0.1, -0.05) is 0 Å². The molecule has 0 aromatic heterocycles. The zero-order valence-electron chi connectivity index (χ0n) is 8.86. The molecular formula is C9H17NO4S. The number of ether oxygens (including phenoxy) is 2. The van der Waals surface area contributed by atoms with E-state index in [1.54, 1.807) is 0 Å². The highest BCUT2D eigenvalue weighted by atomic mass is 32.2. The standard InChI is InChI=1S/C9H17NO4S/c1-15(11,12)10-9(5-6-9)14-8-4-2-3-7-13-8/h8,10H,2-7H2,1H3. The minimum absolute atomic E-state index is 0.240. The third-order valence-corrected chi connectivity index (χ3v) is 3.31. The quantitative estimate of drug-likeness (QED) is 0.723. The second-order valence-electron chi connectivity index (χ2n) is 4.28. The second-order valence-corrected chi connectivity index (χ2v) is 6.03. The molecule has 1 aliphatic heterocycles. The highest BCUT2D eigenvalue weighted by Gasteiger charge is 2.48. The van der Waals surface area contributed by atoms with E-state index >= 15 is 0 Å². The predicted octanol–water partition coefficient (Wildman–Crippen LogP) is 0.569. The lowest BCUT2D eigenvalue weighted by Gasteiger charge is -2.27. The van der Waals surface area contributed by atoms with E-state index in [1.807, 2.05) is 0 Å². The topological polar surface area (TPSA) is 64.6 Å². The van der Waals surface area contributed by atoms with Gasteiger partial charge in [0.05, 0.1) is 6.26 Å². The van der Waals surface area contributed by atoms with Crippen LogP contribution in [0.25, 0.3) is 0 Å². The summed E-state index contributed by atoms with van der Waals surface area (Å²) >= 11 is 0. The van der Waals surface area contributed by atoms with E-state index in [1.165, 1.54) is 0 Å². The highest BCUT2D eigenvalue weighted by molar-refractivity contribution is 7.88. The van der Waals surface area contributed by atoms with E-state index in [9.17, 15) is 8.42 Å². The Morgan fingerprint density at radius 1 is 1.40 bits per heavy atom. The maximum atomic E-state index is 11.1. The number of hydrogen-bond acceptors (Lipinski definition) is 4. The van der Waals surface area contributed by atoms with Gasteiger partial charge in [-0.3, -0.25) is 0 Å². The Labute approximate surface area is 90.2 Å². The van der Waals surface area contributed by atoms with Gasteiger partial charge in [-0.05, 0) is 32.1 Å². The maximum absolute atomic E-state index is 11.1. The Hall–Kier alpha value is -0.170. The summed E-state index contributed by atoms with van der Waals surface area (Å²) in [6.45, 7) is 0.708. The van der Waals surface area contributed by atoms with Gasteiger partial charge in [-0.25, -0.2) is 8.42 Å². The average Bonchev–Trinajstić information content (AvgIpc) is 2.83. The molecule has 88 valence electrons. The summed E-state index contributed by atoms with van der Waals surface area (Å²) in [6, 6.07) is 0. The van der Waals surface area contributed by atoms with Gasteiger partial charge in [0.1, 0.15) is 5.72 Å². The molecule has 1 atom stereocenters. The fourth-order valence-corrected chi connectivity index (χ4v) is 2.68. The lowest BCUT2D eigenvalue weighted by Crippen LogP contribution is -2.42. The van der Waals surface area contributed by atoms with Crippen molar-refractivity contribution in [2.24, 2.45) is 0 Å². The van der Waals surface area contributed by atoms with Crippen LogP contribution in [-0.2, 0) is 19.5 Å². The predicted molar refractivity (Wildman–Crippen MR) is 54.6 cm³/mol. The van der Waals surface area contributed by atoms with Gasteiger partial charge in [0.25, 0.3) is 0 Å². The van der Waals surface area contributed by atoms with Crippen LogP contribution in [0.15, 0.2) is 0 Å². The number of sulfonamides is 1. The summed E-state index contributed by atoms with van der Waals surface area (Å²) in [6.07, 6.45) is 5.38. The van der Waals surface area contributed by atoms with E-state index in [4.69, 9.17) is 9.47 Å². The Bertz CT molecular complexity index is 317. The molecule has 0 spiro atoms. The van der Waals surface area contributed by atoms with Crippen molar-refractivity contribution in [2.75, 3.05) is 12.9 Å². The molecule has 0 bridgehead atoms. The first kappa shape index (κ1) is 11.3. The molecule has 0 amide bonds. The molecule has 2 fully saturated rings. The van der Waals surface area contributed by atoms with Crippen molar-refractivity contribution in [1.82, 2.24) is 4.72 Å². The van der Waals surface area contributed by atoms with Gasteiger partial charge in [0.15, 0.2) is 6.29 Å². The SMILES string of the molecule is CS(=O)(=O)NC1(OC2CCCCO2)CC1. The van der Waals surface area contributed by atoms with Gasteiger partial charge in [-0.15, -0.1) is 0 Å². The summed E-state index contributed by atoms with van der Waals surface area (Å²) in [4.78, 5) is 0. The monoisotopic (exact) mass is 235 g/mol. The van der Waals surface area contributed by atoms with Gasteiger partial charge in [0.2, 0.25) is 10.0 Å². The normalized spacial score (nSPS) is 30.1. The third kappa shape index (κ3) is 3.41. The molecule has 0 radical (unpaired) electrons. The summed E-state index contributed by atoms with van der Waals surface area (Å²) in [5.74, 6) is 0. The first-order valence-corrected chi connectivity index (χ1v) is 7.17. The molecule has 0 aromatic rings. The molecule has 2 rings (SSSR count). The van der Waals surface area contributed by atoms with Crippen molar-refractivity contribution in [2.45, 2.75) is 44.1 Å². The van der Waals surface area contributed by atoms with E-state index in [-0.39, 0.29) is 6.29 Å². The van der Waals surface area contributed by atoms with Gasteiger partial charge in [0, 0.05) is 6.61 Å². The van der Waals surface area contributed by atoms with E-state index in [0.717, 1.165) is 38.4 Å². The number of rotatable bonds is 4. The molecule has 1 saturated heterocycles. The Balaban J connectivity index is 1.87. The zero-order valence-corrected chi connectivity index (χ0v) is 9.68. The molecule has 0 aromatic carbocycles. The fourth-order valence-electron chi connectivity index (χ4n) is 1.75. The van der Waals surface area contributed by atoms with Crippen LogP contribution < -0.4 is 4.72 Å². The van der Waals surface area contributed by atoms with Crippen LogP contribution in [0.3, 0.4) is 0 Å². The third-order valence-electron chi connectivity index (χ3n) is 2.57. The van der Waals surface area contributed by atoms with Gasteiger partial charge >= 0.3 is 0 Å². The molecular weight excluding hydrogens is 218 g/mol. The molecule has 1 aliphatic carbocycles. The first-order chi connectivity index (χ1) is 6.99. The number of nitrogens with one attached hydrogen (secondary N) is 1. The average molecular weight is 235 g/mol. The van der Waals surface area contributed by atoms with Crippen LogP contribution in [0.1, 0.15) is 32.1 Å². The van der Waals surface area contributed by atoms with Crippen LogP contribution in [-0.4, -0.2) is 33.3 Å². The van der Waals surface area contributed by atoms with Crippen LogP contribution in [0, 0.1) is 0 Å². The van der Waals surface area contributed by atoms with Gasteiger partial charge < -0.3 is 9.47 Å². The summed E-state index contributed by atoms with van der Waals surface area (Å²) in [5, 5.41) is 0. The Kier molecular flexibility index (Phi) is 3.03. The van der Waals surface area contributed by atoms with Gasteiger partial charge in [-0.2, -0.15) is 4.72 Å². The number of hydrogen-bond donors (Lipinski definition) is 1. The largest absolute Gasteiger partial charge is 0.353 e. The van der Waals surface area contributed by atoms with Crippen LogP contribution in [0.4, 0.5) is 0 Å². The summed E-state index contributed by atoms with van der Waals surface area (Å²) in [7, 11) is -3.20. The van der Waals surface area contributed by atoms with E-state index in [2.05, 4.69) is 4.72 Å². The second kappa shape index (κ2) is 4.01. The maximum Gasteiger partial charge on any atom is 0.211 e.